The van der Waals surface area contributed by atoms with E-state index in [9.17, 15) is 4.79 Å². The number of ether oxygens (including phenoxy) is 1. The highest BCUT2D eigenvalue weighted by Crippen LogP contribution is 2.19. The summed E-state index contributed by atoms with van der Waals surface area (Å²) in [6.45, 7) is 2.88. The maximum atomic E-state index is 12.0. The summed E-state index contributed by atoms with van der Waals surface area (Å²) in [5.74, 6) is 1.56. The molecule has 0 saturated heterocycles. The number of anilines is 1. The van der Waals surface area contributed by atoms with Gasteiger partial charge < -0.3 is 10.1 Å². The fourth-order valence-corrected chi connectivity index (χ4v) is 2.19. The first-order valence-corrected chi connectivity index (χ1v) is 7.18. The van der Waals surface area contributed by atoms with Crippen molar-refractivity contribution in [3.05, 3.63) is 42.1 Å². The van der Waals surface area contributed by atoms with E-state index in [1.165, 1.54) is 0 Å². The normalized spacial score (nSPS) is 10.4. The molecule has 1 aromatic heterocycles. The Morgan fingerprint density at radius 2 is 2.14 bits per heavy atom. The molecule has 0 aliphatic carbocycles. The zero-order valence-corrected chi connectivity index (χ0v) is 12.5. The molecule has 0 spiro atoms. The summed E-state index contributed by atoms with van der Waals surface area (Å²) in [5, 5.41) is 7.09. The van der Waals surface area contributed by atoms with Crippen LogP contribution in [-0.4, -0.2) is 22.8 Å². The highest BCUT2D eigenvalue weighted by molar-refractivity contribution is 5.90. The molecule has 0 fully saturated rings. The van der Waals surface area contributed by atoms with Gasteiger partial charge >= 0.3 is 0 Å². The fraction of sp³-hybridized carbons (Fsp3) is 0.375. The Kier molecular flexibility index (Phi) is 5.37. The molecule has 0 radical (unpaired) electrons. The van der Waals surface area contributed by atoms with Gasteiger partial charge in [-0.3, -0.25) is 4.79 Å². The molecule has 1 N–H and O–H groups in total. The number of para-hydroxylation sites is 1. The maximum Gasteiger partial charge on any atom is 0.225 e. The van der Waals surface area contributed by atoms with Gasteiger partial charge in [-0.15, -0.1) is 0 Å². The van der Waals surface area contributed by atoms with E-state index in [2.05, 4.69) is 17.3 Å². The predicted molar refractivity (Wildman–Crippen MR) is 82.5 cm³/mol. The van der Waals surface area contributed by atoms with E-state index in [1.54, 1.807) is 18.0 Å². The van der Waals surface area contributed by atoms with Gasteiger partial charge in [-0.05, 0) is 24.5 Å². The van der Waals surface area contributed by atoms with Crippen LogP contribution in [-0.2, 0) is 17.8 Å². The van der Waals surface area contributed by atoms with Crippen molar-refractivity contribution in [3.63, 3.8) is 0 Å². The summed E-state index contributed by atoms with van der Waals surface area (Å²) in [6, 6.07) is 9.57. The zero-order valence-electron chi connectivity index (χ0n) is 12.5. The molecule has 21 heavy (non-hydrogen) atoms. The van der Waals surface area contributed by atoms with Crippen LogP contribution in [0, 0.1) is 0 Å². The molecule has 0 aliphatic rings. The third-order valence-electron chi connectivity index (χ3n) is 3.23. The maximum absolute atomic E-state index is 12.0. The first-order valence-electron chi connectivity index (χ1n) is 7.18. The van der Waals surface area contributed by atoms with Gasteiger partial charge in [-0.1, -0.05) is 25.1 Å². The average Bonchev–Trinajstić information content (AvgIpc) is 2.93. The molecule has 0 bridgehead atoms. The van der Waals surface area contributed by atoms with E-state index >= 15 is 0 Å². The highest BCUT2D eigenvalue weighted by Gasteiger charge is 2.09. The minimum absolute atomic E-state index is 0.0150. The lowest BCUT2D eigenvalue weighted by molar-refractivity contribution is -0.116. The smallest absolute Gasteiger partial charge is 0.225 e. The van der Waals surface area contributed by atoms with Crippen LogP contribution >= 0.6 is 0 Å². The Morgan fingerprint density at radius 1 is 1.33 bits per heavy atom. The first kappa shape index (κ1) is 15.1. The van der Waals surface area contributed by atoms with Crippen LogP contribution in [0.2, 0.25) is 0 Å². The molecule has 1 amide bonds. The molecule has 0 atom stereocenters. The molecular weight excluding hydrogens is 266 g/mol. The lowest BCUT2D eigenvalue weighted by Crippen LogP contribution is -2.16. The molecule has 2 rings (SSSR count). The van der Waals surface area contributed by atoms with Crippen molar-refractivity contribution in [2.45, 2.75) is 32.7 Å². The lowest BCUT2D eigenvalue weighted by Gasteiger charge is -2.09. The number of amides is 1. The largest absolute Gasteiger partial charge is 0.496 e. The molecule has 5 nitrogen and oxygen atoms in total. The molecule has 2 aromatic rings. The zero-order chi connectivity index (χ0) is 15.1. The Hall–Kier alpha value is -2.30. The molecule has 0 aliphatic heterocycles. The minimum Gasteiger partial charge on any atom is -0.496 e. The van der Waals surface area contributed by atoms with Crippen molar-refractivity contribution in [1.82, 2.24) is 9.78 Å². The van der Waals surface area contributed by atoms with Gasteiger partial charge in [-0.25, -0.2) is 4.68 Å². The van der Waals surface area contributed by atoms with Gasteiger partial charge in [-0.2, -0.15) is 5.10 Å². The van der Waals surface area contributed by atoms with Crippen molar-refractivity contribution < 1.29 is 9.53 Å². The third-order valence-corrected chi connectivity index (χ3v) is 3.23. The number of rotatable bonds is 7. The van der Waals surface area contributed by atoms with Crippen molar-refractivity contribution >= 4 is 11.7 Å². The van der Waals surface area contributed by atoms with Crippen LogP contribution in [0.4, 0.5) is 5.82 Å². The molecule has 0 unspecified atom stereocenters. The van der Waals surface area contributed by atoms with E-state index in [4.69, 9.17) is 4.74 Å². The van der Waals surface area contributed by atoms with Crippen LogP contribution in [0.3, 0.4) is 0 Å². The number of nitrogens with one attached hydrogen (secondary N) is 1. The third kappa shape index (κ3) is 4.08. The average molecular weight is 287 g/mol. The second kappa shape index (κ2) is 7.47. The molecular formula is C16H21N3O2. The Bertz CT molecular complexity index is 593. The van der Waals surface area contributed by atoms with Crippen LogP contribution in [0.15, 0.2) is 36.5 Å². The Balaban J connectivity index is 1.91. The predicted octanol–water partition coefficient (Wildman–Crippen LogP) is 2.87. The first-order chi connectivity index (χ1) is 10.2. The number of methoxy groups -OCH3 is 1. The number of carbonyl (C=O) groups excluding carboxylic acids is 1. The van der Waals surface area contributed by atoms with Crippen molar-refractivity contribution in [2.24, 2.45) is 0 Å². The number of aryl methyl sites for hydroxylation is 2. The minimum atomic E-state index is -0.0150. The van der Waals surface area contributed by atoms with Crippen LogP contribution < -0.4 is 10.1 Å². The fourth-order valence-electron chi connectivity index (χ4n) is 2.19. The lowest BCUT2D eigenvalue weighted by atomic mass is 10.1. The topological polar surface area (TPSA) is 56.2 Å². The van der Waals surface area contributed by atoms with Gasteiger partial charge in [0, 0.05) is 19.0 Å². The number of hydrogen-bond acceptors (Lipinski definition) is 3. The summed E-state index contributed by atoms with van der Waals surface area (Å²) in [6.07, 6.45) is 3.74. The molecule has 112 valence electrons. The van der Waals surface area contributed by atoms with Crippen molar-refractivity contribution in [1.29, 1.82) is 0 Å². The van der Waals surface area contributed by atoms with E-state index in [0.29, 0.717) is 12.8 Å². The quantitative estimate of drug-likeness (QED) is 0.852. The summed E-state index contributed by atoms with van der Waals surface area (Å²) in [4.78, 5) is 12.0. The Morgan fingerprint density at radius 3 is 2.90 bits per heavy atom. The van der Waals surface area contributed by atoms with E-state index in [1.807, 2.05) is 30.3 Å². The summed E-state index contributed by atoms with van der Waals surface area (Å²) < 4.78 is 7.10. The van der Waals surface area contributed by atoms with Crippen LogP contribution in [0.25, 0.3) is 0 Å². The monoisotopic (exact) mass is 287 g/mol. The van der Waals surface area contributed by atoms with Gasteiger partial charge in [0.2, 0.25) is 5.91 Å². The van der Waals surface area contributed by atoms with Crippen molar-refractivity contribution in [2.75, 3.05) is 12.4 Å². The van der Waals surface area contributed by atoms with Gasteiger partial charge in [0.25, 0.3) is 0 Å². The number of aromatic nitrogens is 2. The number of hydrogen-bond donors (Lipinski definition) is 1. The highest BCUT2D eigenvalue weighted by atomic mass is 16.5. The van der Waals surface area contributed by atoms with Gasteiger partial charge in [0.1, 0.15) is 11.6 Å². The number of benzene rings is 1. The second-order valence-electron chi connectivity index (χ2n) is 4.80. The van der Waals surface area contributed by atoms with E-state index in [0.717, 1.165) is 30.1 Å². The summed E-state index contributed by atoms with van der Waals surface area (Å²) in [7, 11) is 1.64. The van der Waals surface area contributed by atoms with Crippen molar-refractivity contribution in [3.8, 4) is 5.75 Å². The summed E-state index contributed by atoms with van der Waals surface area (Å²) >= 11 is 0. The van der Waals surface area contributed by atoms with E-state index < -0.39 is 0 Å². The standard InChI is InChI=1S/C16H21N3O2/c1-3-12-19-15(10-11-17-19)18-16(20)9-8-13-6-4-5-7-14(13)21-2/h4-7,10-11H,3,8-9,12H2,1-2H3,(H,18,20). The Labute approximate surface area is 124 Å². The van der Waals surface area contributed by atoms with Gasteiger partial charge in [0.15, 0.2) is 0 Å². The molecule has 0 saturated carbocycles. The molecule has 5 heteroatoms. The van der Waals surface area contributed by atoms with E-state index in [-0.39, 0.29) is 5.91 Å². The number of nitrogens with zero attached hydrogens (tertiary/aromatic N) is 2. The van der Waals surface area contributed by atoms with Crippen LogP contribution in [0.5, 0.6) is 5.75 Å². The van der Waals surface area contributed by atoms with Crippen LogP contribution in [0.1, 0.15) is 25.3 Å². The molecule has 1 aromatic carbocycles. The summed E-state index contributed by atoms with van der Waals surface area (Å²) in [5.41, 5.74) is 1.04. The van der Waals surface area contributed by atoms with Gasteiger partial charge in [0.05, 0.1) is 13.3 Å². The molecule has 1 heterocycles. The second-order valence-corrected chi connectivity index (χ2v) is 4.80. The SMILES string of the molecule is CCCn1nccc1NC(=O)CCc1ccccc1OC. The number of carbonyl (C=O) groups is 1.